The van der Waals surface area contributed by atoms with Crippen molar-refractivity contribution in [3.8, 4) is 39.8 Å². The molecular formula is C50H31N7. The smallest absolute Gasteiger partial charge is 0.235 e. The third kappa shape index (κ3) is 4.66. The van der Waals surface area contributed by atoms with Crippen LogP contribution in [0.15, 0.2) is 188 Å². The molecule has 0 bridgehead atoms. The van der Waals surface area contributed by atoms with Crippen LogP contribution in [-0.4, -0.2) is 33.6 Å². The molecule has 0 aliphatic carbocycles. The fourth-order valence-electron chi connectivity index (χ4n) is 8.79. The number of nitrogens with zero attached hydrogens (tertiary/aromatic N) is 7. The summed E-state index contributed by atoms with van der Waals surface area (Å²) in [6, 6.07) is 61.5. The minimum atomic E-state index is 0.602. The molecule has 0 radical (unpaired) electrons. The van der Waals surface area contributed by atoms with E-state index in [1.54, 1.807) is 0 Å². The van der Waals surface area contributed by atoms with Crippen molar-refractivity contribution in [2.45, 2.75) is 0 Å². The van der Waals surface area contributed by atoms with Crippen molar-refractivity contribution in [2.75, 3.05) is 0 Å². The highest BCUT2D eigenvalue weighted by Crippen LogP contribution is 2.42. The molecule has 0 atom stereocenters. The van der Waals surface area contributed by atoms with Crippen molar-refractivity contribution < 1.29 is 0 Å². The molecule has 6 heterocycles. The number of aromatic nitrogens is 7. The average molecular weight is 730 g/mol. The first-order valence-electron chi connectivity index (χ1n) is 19.1. The lowest BCUT2D eigenvalue weighted by molar-refractivity contribution is 0.993. The lowest BCUT2D eigenvalue weighted by Crippen LogP contribution is -2.08. The Kier molecular flexibility index (Phi) is 6.79. The van der Waals surface area contributed by atoms with Gasteiger partial charge in [0.25, 0.3) is 0 Å². The normalized spacial score (nSPS) is 11.9. The fraction of sp³-hybridized carbons (Fsp3) is 0. The molecule has 0 amide bonds. The monoisotopic (exact) mass is 729 g/mol. The van der Waals surface area contributed by atoms with E-state index in [4.69, 9.17) is 19.9 Å². The van der Waals surface area contributed by atoms with Gasteiger partial charge in [-0.1, -0.05) is 115 Å². The summed E-state index contributed by atoms with van der Waals surface area (Å²) in [5.74, 6) is 0.602. The molecular weight excluding hydrogens is 699 g/mol. The maximum absolute atomic E-state index is 5.55. The standard InChI is InChI=1S/C50H31N7/c1-2-15-32(16-3-1)38-31-39(54-50(53-38)57-40-22-8-4-17-33(40)34-18-5-9-23-41(34)57)35-21-12-26-46(55-42-24-10-6-19-36(42)47-44(55)27-13-29-51-47)49(35)56-43-25-11-7-20-37(43)48-45(56)28-14-30-52-48/h1-31H. The lowest BCUT2D eigenvalue weighted by atomic mass is 10.0. The Hall–Kier alpha value is -7.90. The summed E-state index contributed by atoms with van der Waals surface area (Å²) in [5, 5.41) is 4.49. The Morgan fingerprint density at radius 1 is 0.351 bits per heavy atom. The topological polar surface area (TPSA) is 66.3 Å². The predicted molar refractivity (Wildman–Crippen MR) is 232 cm³/mol. The van der Waals surface area contributed by atoms with Crippen molar-refractivity contribution >= 4 is 65.7 Å². The molecule has 0 saturated carbocycles. The lowest BCUT2D eigenvalue weighted by Gasteiger charge is -2.21. The van der Waals surface area contributed by atoms with E-state index in [1.807, 2.05) is 30.6 Å². The molecule has 0 spiro atoms. The second kappa shape index (κ2) is 12.3. The van der Waals surface area contributed by atoms with Crippen LogP contribution in [0.3, 0.4) is 0 Å². The molecule has 6 aromatic carbocycles. The Labute approximate surface area is 326 Å². The minimum Gasteiger partial charge on any atom is -0.305 e. The molecule has 12 aromatic rings. The second-order valence-electron chi connectivity index (χ2n) is 14.3. The van der Waals surface area contributed by atoms with Gasteiger partial charge in [-0.3, -0.25) is 14.5 Å². The van der Waals surface area contributed by atoms with Crippen LogP contribution in [0.4, 0.5) is 0 Å². The Morgan fingerprint density at radius 3 is 1.47 bits per heavy atom. The van der Waals surface area contributed by atoms with Crippen LogP contribution < -0.4 is 0 Å². The third-order valence-corrected chi connectivity index (χ3v) is 11.2. The van der Waals surface area contributed by atoms with Gasteiger partial charge in [0.1, 0.15) is 0 Å². The quantitative estimate of drug-likeness (QED) is 0.177. The Bertz CT molecular complexity index is 3380. The van der Waals surface area contributed by atoms with E-state index in [9.17, 15) is 0 Å². The molecule has 6 aromatic heterocycles. The zero-order chi connectivity index (χ0) is 37.5. The molecule has 7 nitrogen and oxygen atoms in total. The van der Waals surface area contributed by atoms with Crippen LogP contribution in [0.5, 0.6) is 0 Å². The van der Waals surface area contributed by atoms with E-state index >= 15 is 0 Å². The molecule has 0 aliphatic rings. The van der Waals surface area contributed by atoms with Gasteiger partial charge in [0.15, 0.2) is 0 Å². The van der Waals surface area contributed by atoms with Crippen LogP contribution >= 0.6 is 0 Å². The number of fused-ring (bicyclic) bond motifs is 9. The van der Waals surface area contributed by atoms with E-state index < -0.39 is 0 Å². The van der Waals surface area contributed by atoms with E-state index in [-0.39, 0.29) is 0 Å². The average Bonchev–Trinajstić information content (AvgIpc) is 3.92. The van der Waals surface area contributed by atoms with Crippen LogP contribution in [0, 0.1) is 0 Å². The minimum absolute atomic E-state index is 0.602. The van der Waals surface area contributed by atoms with Crippen LogP contribution in [0.1, 0.15) is 0 Å². The molecule has 0 N–H and O–H groups in total. The largest absolute Gasteiger partial charge is 0.305 e. The van der Waals surface area contributed by atoms with Crippen LogP contribution in [-0.2, 0) is 0 Å². The number of hydrogen-bond acceptors (Lipinski definition) is 4. The van der Waals surface area contributed by atoms with Gasteiger partial charge in [-0.25, -0.2) is 9.97 Å². The van der Waals surface area contributed by atoms with E-state index in [0.29, 0.717) is 5.95 Å². The highest BCUT2D eigenvalue weighted by Gasteiger charge is 2.25. The van der Waals surface area contributed by atoms with Crippen molar-refractivity contribution in [2.24, 2.45) is 0 Å². The first-order valence-corrected chi connectivity index (χ1v) is 19.1. The van der Waals surface area contributed by atoms with Gasteiger partial charge in [-0.05, 0) is 60.7 Å². The Morgan fingerprint density at radius 2 is 0.842 bits per heavy atom. The molecule has 0 aliphatic heterocycles. The summed E-state index contributed by atoms with van der Waals surface area (Å²) < 4.78 is 6.91. The summed E-state index contributed by atoms with van der Waals surface area (Å²) >= 11 is 0. The number of hydrogen-bond donors (Lipinski definition) is 0. The van der Waals surface area contributed by atoms with E-state index in [2.05, 4.69) is 171 Å². The van der Waals surface area contributed by atoms with E-state index in [1.165, 1.54) is 0 Å². The molecule has 57 heavy (non-hydrogen) atoms. The SMILES string of the molecule is c1ccc(-c2cc(-c3cccc(-n4c5ccccc5c5ncccc54)c3-n3c4ccccc4c4ncccc43)nc(-n3c4ccccc4c4ccccc43)n2)cc1. The van der Waals surface area contributed by atoms with Gasteiger partial charge < -0.3 is 9.13 Å². The van der Waals surface area contributed by atoms with Gasteiger partial charge >= 0.3 is 0 Å². The number of rotatable bonds is 5. The van der Waals surface area contributed by atoms with Crippen LogP contribution in [0.25, 0.3) is 106 Å². The fourth-order valence-corrected chi connectivity index (χ4v) is 8.79. The molecule has 7 heteroatoms. The molecule has 266 valence electrons. The number of pyridine rings is 2. The van der Waals surface area contributed by atoms with Gasteiger partial charge in [-0.2, -0.15) is 0 Å². The third-order valence-electron chi connectivity index (χ3n) is 11.2. The van der Waals surface area contributed by atoms with Gasteiger partial charge in [0.05, 0.1) is 66.9 Å². The molecule has 0 fully saturated rings. The molecule has 0 saturated heterocycles. The number of benzene rings is 6. The van der Waals surface area contributed by atoms with Gasteiger partial charge in [-0.15, -0.1) is 0 Å². The van der Waals surface area contributed by atoms with Crippen molar-refractivity contribution in [1.29, 1.82) is 0 Å². The highest BCUT2D eigenvalue weighted by molar-refractivity contribution is 6.11. The Balaban J connectivity index is 1.25. The van der Waals surface area contributed by atoms with Gasteiger partial charge in [0.2, 0.25) is 5.95 Å². The zero-order valence-corrected chi connectivity index (χ0v) is 30.5. The van der Waals surface area contributed by atoms with E-state index in [0.717, 1.165) is 99.6 Å². The predicted octanol–water partition coefficient (Wildman–Crippen LogP) is 11.9. The summed E-state index contributed by atoms with van der Waals surface area (Å²) in [5.41, 5.74) is 13.7. The van der Waals surface area contributed by atoms with Crippen molar-refractivity contribution in [1.82, 2.24) is 33.6 Å². The molecule has 12 rings (SSSR count). The zero-order valence-electron chi connectivity index (χ0n) is 30.5. The van der Waals surface area contributed by atoms with Crippen molar-refractivity contribution in [3.63, 3.8) is 0 Å². The molecule has 0 unspecified atom stereocenters. The summed E-state index contributed by atoms with van der Waals surface area (Å²) in [6.45, 7) is 0. The highest BCUT2D eigenvalue weighted by atomic mass is 15.2. The second-order valence-corrected chi connectivity index (χ2v) is 14.3. The van der Waals surface area contributed by atoms with Crippen LogP contribution in [0.2, 0.25) is 0 Å². The summed E-state index contributed by atoms with van der Waals surface area (Å²) in [7, 11) is 0. The number of para-hydroxylation sites is 5. The van der Waals surface area contributed by atoms with Gasteiger partial charge in [0, 0.05) is 45.1 Å². The van der Waals surface area contributed by atoms with Crippen molar-refractivity contribution in [3.05, 3.63) is 188 Å². The maximum atomic E-state index is 5.55. The summed E-state index contributed by atoms with van der Waals surface area (Å²) in [4.78, 5) is 20.7. The first-order chi connectivity index (χ1) is 28.3. The summed E-state index contributed by atoms with van der Waals surface area (Å²) in [6.07, 6.45) is 3.75. The first kappa shape index (κ1) is 31.5. The maximum Gasteiger partial charge on any atom is 0.235 e.